The van der Waals surface area contributed by atoms with Crippen molar-refractivity contribution in [2.45, 2.75) is 18.9 Å². The molecule has 0 spiro atoms. The third kappa shape index (κ3) is 2.86. The maximum Gasteiger partial charge on any atom is 0.281 e. The van der Waals surface area contributed by atoms with Gasteiger partial charge < -0.3 is 9.84 Å². The van der Waals surface area contributed by atoms with Crippen molar-refractivity contribution in [2.75, 3.05) is 7.11 Å². The van der Waals surface area contributed by atoms with Crippen molar-refractivity contribution in [1.29, 1.82) is 0 Å². The van der Waals surface area contributed by atoms with Crippen LogP contribution in [0.1, 0.15) is 18.4 Å². The van der Waals surface area contributed by atoms with Gasteiger partial charge in [-0.1, -0.05) is 11.6 Å². The Labute approximate surface area is 130 Å². The van der Waals surface area contributed by atoms with Crippen LogP contribution in [0.3, 0.4) is 0 Å². The molecule has 1 N–H and O–H groups in total. The summed E-state index contributed by atoms with van der Waals surface area (Å²) in [7, 11) is 1.32. The molecule has 0 saturated heterocycles. The number of halogens is 1. The third-order valence-electron chi connectivity index (χ3n) is 3.38. The number of rotatable bonds is 3. The summed E-state index contributed by atoms with van der Waals surface area (Å²) in [5, 5.41) is 21.4. The van der Waals surface area contributed by atoms with Crippen LogP contribution >= 0.6 is 11.6 Å². The van der Waals surface area contributed by atoms with Crippen LogP contribution in [0.2, 0.25) is 5.02 Å². The number of nitrogens with zero attached hydrogens (tertiary/aromatic N) is 1. The number of nitro benzene ring substituents is 1. The molecule has 8 heteroatoms. The zero-order valence-corrected chi connectivity index (χ0v) is 12.3. The molecular weight excluding hydrogens is 314 g/mol. The fourth-order valence-electron chi connectivity index (χ4n) is 2.28. The Kier molecular flexibility index (Phi) is 4.58. The van der Waals surface area contributed by atoms with Crippen molar-refractivity contribution >= 4 is 34.6 Å². The van der Waals surface area contributed by atoms with Gasteiger partial charge in [0.25, 0.3) is 5.69 Å². The van der Waals surface area contributed by atoms with Crippen molar-refractivity contribution in [1.82, 2.24) is 0 Å². The number of ketones is 2. The molecule has 1 unspecified atom stereocenters. The zero-order chi connectivity index (χ0) is 16.4. The number of nitro groups is 1. The first kappa shape index (κ1) is 16.1. The van der Waals surface area contributed by atoms with E-state index in [2.05, 4.69) is 0 Å². The molecule has 116 valence electrons. The van der Waals surface area contributed by atoms with Gasteiger partial charge in [0, 0.05) is 24.6 Å². The normalized spacial score (nSPS) is 20.9. The van der Waals surface area contributed by atoms with Gasteiger partial charge in [0.05, 0.1) is 10.5 Å². The van der Waals surface area contributed by atoms with Crippen molar-refractivity contribution in [3.8, 4) is 0 Å². The van der Waals surface area contributed by atoms with Gasteiger partial charge in [-0.2, -0.15) is 0 Å². The standard InChI is InChI=1S/C14H12ClNO6/c1-22-11-5-4-10(17)12(14(11)19)13(18)8-3-2-7(15)6-9(8)16(20)21/h2-3,6,11,18H,4-5H2,1H3/b13-12-. The zero-order valence-electron chi connectivity index (χ0n) is 11.5. The highest BCUT2D eigenvalue weighted by Gasteiger charge is 2.36. The summed E-state index contributed by atoms with van der Waals surface area (Å²) in [6.07, 6.45) is -0.611. The highest BCUT2D eigenvalue weighted by molar-refractivity contribution is 6.31. The summed E-state index contributed by atoms with van der Waals surface area (Å²) in [6.45, 7) is 0. The molecule has 7 nitrogen and oxygen atoms in total. The Morgan fingerprint density at radius 3 is 2.73 bits per heavy atom. The molecule has 0 radical (unpaired) electrons. The van der Waals surface area contributed by atoms with Crippen LogP contribution in [0.25, 0.3) is 5.76 Å². The van der Waals surface area contributed by atoms with Crippen LogP contribution in [-0.2, 0) is 14.3 Å². The number of ether oxygens (including phenoxy) is 1. The van der Waals surface area contributed by atoms with Gasteiger partial charge in [-0.3, -0.25) is 19.7 Å². The van der Waals surface area contributed by atoms with E-state index in [1.54, 1.807) is 0 Å². The minimum absolute atomic E-state index is 0.0189. The lowest BCUT2D eigenvalue weighted by Gasteiger charge is -2.21. The first-order valence-corrected chi connectivity index (χ1v) is 6.72. The highest BCUT2D eigenvalue weighted by atomic mass is 35.5. The minimum atomic E-state index is -0.846. The minimum Gasteiger partial charge on any atom is -0.506 e. The maximum atomic E-state index is 12.2. The van der Waals surface area contributed by atoms with Crippen LogP contribution in [-0.4, -0.2) is 34.8 Å². The van der Waals surface area contributed by atoms with Crippen molar-refractivity contribution in [2.24, 2.45) is 0 Å². The summed E-state index contributed by atoms with van der Waals surface area (Å²) in [4.78, 5) is 34.4. The quantitative estimate of drug-likeness (QED) is 0.301. The molecule has 0 amide bonds. The molecular formula is C14H12ClNO6. The average molecular weight is 326 g/mol. The van der Waals surface area contributed by atoms with Gasteiger partial charge in [-0.15, -0.1) is 0 Å². The average Bonchev–Trinajstić information content (AvgIpc) is 2.47. The number of methoxy groups -OCH3 is 1. The number of benzene rings is 1. The van der Waals surface area contributed by atoms with Gasteiger partial charge in [-0.25, -0.2) is 0 Å². The van der Waals surface area contributed by atoms with Gasteiger partial charge in [0.15, 0.2) is 11.6 Å². The molecule has 0 heterocycles. The molecule has 1 aromatic rings. The number of carbonyl (C=O) groups is 2. The van der Waals surface area contributed by atoms with E-state index >= 15 is 0 Å². The molecule has 0 bridgehead atoms. The number of Topliss-reactive ketones (excluding diaryl/α,β-unsaturated/α-hetero) is 2. The molecule has 1 atom stereocenters. The summed E-state index contributed by atoms with van der Waals surface area (Å²) in [5.74, 6) is -1.97. The number of hydrogen-bond donors (Lipinski definition) is 1. The lowest BCUT2D eigenvalue weighted by atomic mass is 9.87. The molecule has 1 aromatic carbocycles. The SMILES string of the molecule is COC1CCC(=O)/C(=C(/O)c2ccc(Cl)cc2[N+](=O)[O-])C1=O. The molecule has 22 heavy (non-hydrogen) atoms. The fourth-order valence-corrected chi connectivity index (χ4v) is 2.45. The van der Waals surface area contributed by atoms with Crippen LogP contribution < -0.4 is 0 Å². The van der Waals surface area contributed by atoms with Crippen molar-refractivity contribution in [3.05, 3.63) is 44.5 Å². The monoisotopic (exact) mass is 325 g/mol. The first-order valence-electron chi connectivity index (χ1n) is 6.34. The lowest BCUT2D eigenvalue weighted by Crippen LogP contribution is -2.34. The van der Waals surface area contributed by atoms with E-state index in [1.807, 2.05) is 0 Å². The topological polar surface area (TPSA) is 107 Å². The van der Waals surface area contributed by atoms with E-state index in [9.17, 15) is 24.8 Å². The van der Waals surface area contributed by atoms with Crippen LogP contribution in [0.4, 0.5) is 5.69 Å². The van der Waals surface area contributed by atoms with Gasteiger partial charge in [-0.05, 0) is 18.6 Å². The number of aliphatic hydroxyl groups is 1. The second-order valence-corrected chi connectivity index (χ2v) is 5.13. The Morgan fingerprint density at radius 2 is 2.14 bits per heavy atom. The van der Waals surface area contributed by atoms with E-state index in [0.717, 1.165) is 6.07 Å². The predicted molar refractivity (Wildman–Crippen MR) is 77.7 cm³/mol. The summed E-state index contributed by atoms with van der Waals surface area (Å²) < 4.78 is 4.96. The second-order valence-electron chi connectivity index (χ2n) is 4.69. The van der Waals surface area contributed by atoms with Crippen molar-refractivity contribution in [3.63, 3.8) is 0 Å². The third-order valence-corrected chi connectivity index (χ3v) is 3.62. The van der Waals surface area contributed by atoms with E-state index < -0.39 is 39.6 Å². The molecule has 0 aliphatic heterocycles. The summed E-state index contributed by atoms with van der Waals surface area (Å²) in [5.41, 5.74) is -1.19. The Balaban J connectivity index is 2.62. The van der Waals surface area contributed by atoms with E-state index in [4.69, 9.17) is 16.3 Å². The summed E-state index contributed by atoms with van der Waals surface area (Å²) >= 11 is 5.70. The number of hydrogen-bond acceptors (Lipinski definition) is 6. The molecule has 0 aromatic heterocycles. The molecule has 1 saturated carbocycles. The van der Waals surface area contributed by atoms with E-state index in [1.165, 1.54) is 19.2 Å². The van der Waals surface area contributed by atoms with Gasteiger partial charge in [0.1, 0.15) is 17.4 Å². The van der Waals surface area contributed by atoms with Crippen LogP contribution in [0, 0.1) is 10.1 Å². The maximum absolute atomic E-state index is 12.2. The molecule has 1 aliphatic carbocycles. The molecule has 1 aliphatic rings. The largest absolute Gasteiger partial charge is 0.506 e. The Hall–Kier alpha value is -2.25. The fraction of sp³-hybridized carbons (Fsp3) is 0.286. The van der Waals surface area contributed by atoms with Gasteiger partial charge in [0.2, 0.25) is 0 Å². The van der Waals surface area contributed by atoms with Crippen LogP contribution in [0.5, 0.6) is 0 Å². The second kappa shape index (κ2) is 6.25. The molecule has 1 fully saturated rings. The van der Waals surface area contributed by atoms with E-state index in [0.29, 0.717) is 0 Å². The summed E-state index contributed by atoms with van der Waals surface area (Å²) in [6, 6.07) is 3.56. The van der Waals surface area contributed by atoms with E-state index in [-0.39, 0.29) is 23.4 Å². The lowest BCUT2D eigenvalue weighted by molar-refractivity contribution is -0.385. The smallest absolute Gasteiger partial charge is 0.281 e. The first-order chi connectivity index (χ1) is 10.4. The van der Waals surface area contributed by atoms with Crippen LogP contribution in [0.15, 0.2) is 23.8 Å². The van der Waals surface area contributed by atoms with Gasteiger partial charge >= 0.3 is 0 Å². The number of aliphatic hydroxyl groups excluding tert-OH is 1. The Bertz CT molecular complexity index is 697. The Morgan fingerprint density at radius 1 is 1.45 bits per heavy atom. The van der Waals surface area contributed by atoms with Crippen molar-refractivity contribution < 1.29 is 24.4 Å². The number of carbonyl (C=O) groups excluding carboxylic acids is 2. The highest BCUT2D eigenvalue weighted by Crippen LogP contribution is 2.32. The molecule has 2 rings (SSSR count). The predicted octanol–water partition coefficient (Wildman–Crippen LogP) is 2.46.